The number of nitrogens with one attached hydrogen (secondary N) is 1. The lowest BCUT2D eigenvalue weighted by Crippen LogP contribution is -2.49. The maximum absolute atomic E-state index is 12.1. The first kappa shape index (κ1) is 12.8. The van der Waals surface area contributed by atoms with Crippen LogP contribution < -0.4 is 21.5 Å². The minimum absolute atomic E-state index is 0.247. The molecule has 18 heavy (non-hydrogen) atoms. The molecule has 7 nitrogen and oxygen atoms in total. The number of aromatic nitrogens is 3. The van der Waals surface area contributed by atoms with Gasteiger partial charge in [-0.3, -0.25) is 9.36 Å². The van der Waals surface area contributed by atoms with Crippen molar-refractivity contribution in [2.45, 2.75) is 18.9 Å². The Morgan fingerprint density at radius 3 is 2.72 bits per heavy atom. The Hall–Kier alpha value is -1.63. The average Bonchev–Trinajstić information content (AvgIpc) is 2.41. The second-order valence-electron chi connectivity index (χ2n) is 4.71. The fourth-order valence-electron chi connectivity index (χ4n) is 2.24. The Morgan fingerprint density at radius 2 is 2.11 bits per heavy atom. The summed E-state index contributed by atoms with van der Waals surface area (Å²) in [5.41, 5.74) is -0.745. The number of piperidine rings is 1. The molecule has 0 aliphatic carbocycles. The Labute approximate surface area is 105 Å². The van der Waals surface area contributed by atoms with Crippen molar-refractivity contribution in [1.29, 1.82) is 0 Å². The highest BCUT2D eigenvalue weighted by Gasteiger charge is 2.22. The summed E-state index contributed by atoms with van der Waals surface area (Å²) >= 11 is 0. The molecule has 1 unspecified atom stereocenters. The van der Waals surface area contributed by atoms with Crippen LogP contribution in [0.25, 0.3) is 0 Å². The van der Waals surface area contributed by atoms with Crippen molar-refractivity contribution in [3.05, 3.63) is 20.8 Å². The molecule has 2 heterocycles. The second-order valence-corrected chi connectivity index (χ2v) is 4.71. The number of aryl methyl sites for hydroxylation is 1. The molecule has 0 aromatic carbocycles. The number of hydrogen-bond donors (Lipinski definition) is 1. The summed E-state index contributed by atoms with van der Waals surface area (Å²) in [5, 5.41) is 7.38. The van der Waals surface area contributed by atoms with Crippen molar-refractivity contribution in [3.63, 3.8) is 0 Å². The third-order valence-corrected chi connectivity index (χ3v) is 3.46. The van der Waals surface area contributed by atoms with E-state index in [0.29, 0.717) is 5.82 Å². The van der Waals surface area contributed by atoms with Crippen molar-refractivity contribution >= 4 is 5.82 Å². The highest BCUT2D eigenvalue weighted by molar-refractivity contribution is 5.35. The molecule has 0 radical (unpaired) electrons. The summed E-state index contributed by atoms with van der Waals surface area (Å²) < 4.78 is 2.29. The Morgan fingerprint density at radius 1 is 1.39 bits per heavy atom. The van der Waals surface area contributed by atoms with Crippen LogP contribution in [-0.4, -0.2) is 40.5 Å². The lowest BCUT2D eigenvalue weighted by Gasteiger charge is -2.32. The first-order chi connectivity index (χ1) is 8.52. The molecule has 0 bridgehead atoms. The van der Waals surface area contributed by atoms with Crippen molar-refractivity contribution in [2.24, 2.45) is 14.1 Å². The van der Waals surface area contributed by atoms with E-state index in [1.54, 1.807) is 7.05 Å². The first-order valence-corrected chi connectivity index (χ1v) is 6.10. The van der Waals surface area contributed by atoms with Gasteiger partial charge in [0.25, 0.3) is 5.56 Å². The summed E-state index contributed by atoms with van der Waals surface area (Å²) in [6.45, 7) is 1.85. The Bertz CT molecular complexity index is 541. The average molecular weight is 253 g/mol. The number of nitrogens with zero attached hydrogens (tertiary/aromatic N) is 4. The van der Waals surface area contributed by atoms with Gasteiger partial charge in [-0.05, 0) is 19.4 Å². The van der Waals surface area contributed by atoms with Crippen LogP contribution in [0.4, 0.5) is 5.82 Å². The number of likely N-dealkylation sites (N-methyl/N-ethyl adjacent to an activating group) is 1. The maximum atomic E-state index is 12.1. The highest BCUT2D eigenvalue weighted by atomic mass is 16.2. The van der Waals surface area contributed by atoms with Crippen LogP contribution in [0.15, 0.2) is 9.59 Å². The van der Waals surface area contributed by atoms with Gasteiger partial charge < -0.3 is 10.2 Å². The SMILES string of the molecule is CN(c1nn(C)c(=O)n(C)c1=O)C1CCCNC1. The van der Waals surface area contributed by atoms with Crippen LogP contribution in [0.1, 0.15) is 12.8 Å². The van der Waals surface area contributed by atoms with E-state index in [9.17, 15) is 9.59 Å². The van der Waals surface area contributed by atoms with Gasteiger partial charge in [0.1, 0.15) is 0 Å². The zero-order valence-electron chi connectivity index (χ0n) is 11.0. The molecule has 1 aliphatic rings. The molecule has 0 saturated carbocycles. The standard InChI is InChI=1S/C11H19N5O2/c1-14(8-5-4-6-12-7-8)9-10(17)15(2)11(18)16(3)13-9/h8,12H,4-7H2,1-3H3. The largest absolute Gasteiger partial charge is 0.349 e. The smallest absolute Gasteiger partial charge is 0.346 e. The molecular weight excluding hydrogens is 234 g/mol. The fraction of sp³-hybridized carbons (Fsp3) is 0.727. The maximum Gasteiger partial charge on any atom is 0.346 e. The third-order valence-electron chi connectivity index (χ3n) is 3.46. The van der Waals surface area contributed by atoms with Crippen molar-refractivity contribution < 1.29 is 0 Å². The predicted octanol–water partition coefficient (Wildman–Crippen LogP) is -1.33. The van der Waals surface area contributed by atoms with Crippen molar-refractivity contribution in [2.75, 3.05) is 25.0 Å². The summed E-state index contributed by atoms with van der Waals surface area (Å²) in [6, 6.07) is 0.247. The van der Waals surface area contributed by atoms with E-state index in [2.05, 4.69) is 10.4 Å². The quantitative estimate of drug-likeness (QED) is 0.707. The zero-order valence-corrected chi connectivity index (χ0v) is 11.0. The van der Waals surface area contributed by atoms with Crippen LogP contribution in [0, 0.1) is 0 Å². The van der Waals surface area contributed by atoms with E-state index >= 15 is 0 Å². The molecule has 1 aliphatic heterocycles. The van der Waals surface area contributed by atoms with Crippen molar-refractivity contribution in [3.8, 4) is 0 Å². The molecule has 100 valence electrons. The molecule has 1 N–H and O–H groups in total. The monoisotopic (exact) mass is 253 g/mol. The first-order valence-electron chi connectivity index (χ1n) is 6.10. The highest BCUT2D eigenvalue weighted by Crippen LogP contribution is 2.12. The van der Waals surface area contributed by atoms with Gasteiger partial charge in [0.05, 0.1) is 0 Å². The van der Waals surface area contributed by atoms with Crippen LogP contribution in [-0.2, 0) is 14.1 Å². The summed E-state index contributed by atoms with van der Waals surface area (Å²) in [4.78, 5) is 25.5. The van der Waals surface area contributed by atoms with E-state index in [1.165, 1.54) is 11.7 Å². The van der Waals surface area contributed by atoms with E-state index in [1.807, 2.05) is 11.9 Å². The van der Waals surface area contributed by atoms with E-state index < -0.39 is 5.69 Å². The molecule has 1 atom stereocenters. The Balaban J connectivity index is 2.38. The van der Waals surface area contributed by atoms with Crippen LogP contribution in [0.2, 0.25) is 0 Å². The van der Waals surface area contributed by atoms with Gasteiger partial charge in [-0.15, -0.1) is 5.10 Å². The molecule has 1 aromatic rings. The normalized spacial score (nSPS) is 19.8. The van der Waals surface area contributed by atoms with E-state index in [0.717, 1.165) is 30.5 Å². The topological polar surface area (TPSA) is 72.2 Å². The molecule has 1 saturated heterocycles. The number of anilines is 1. The molecule has 0 amide bonds. The molecular formula is C11H19N5O2. The summed E-state index contributed by atoms with van der Waals surface area (Å²) in [5.74, 6) is 0.327. The minimum atomic E-state index is -0.404. The zero-order chi connectivity index (χ0) is 13.3. The molecule has 2 rings (SSSR count). The van der Waals surface area contributed by atoms with Gasteiger partial charge in [0.2, 0.25) is 5.82 Å². The number of rotatable bonds is 2. The molecule has 7 heteroatoms. The lowest BCUT2D eigenvalue weighted by atomic mass is 10.1. The van der Waals surface area contributed by atoms with E-state index in [-0.39, 0.29) is 11.6 Å². The third kappa shape index (κ3) is 2.17. The molecule has 1 aromatic heterocycles. The summed E-state index contributed by atoms with van der Waals surface area (Å²) in [7, 11) is 4.88. The van der Waals surface area contributed by atoms with Gasteiger partial charge in [-0.25, -0.2) is 9.48 Å². The van der Waals surface area contributed by atoms with Gasteiger partial charge in [0.15, 0.2) is 0 Å². The number of hydrogen-bond acceptors (Lipinski definition) is 5. The van der Waals surface area contributed by atoms with Gasteiger partial charge in [0, 0.05) is 33.7 Å². The van der Waals surface area contributed by atoms with Gasteiger partial charge >= 0.3 is 5.69 Å². The Kier molecular flexibility index (Phi) is 3.51. The van der Waals surface area contributed by atoms with Crippen LogP contribution >= 0.6 is 0 Å². The van der Waals surface area contributed by atoms with Crippen LogP contribution in [0.3, 0.4) is 0 Å². The second kappa shape index (κ2) is 4.93. The summed E-state index contributed by atoms with van der Waals surface area (Å²) in [6.07, 6.45) is 2.11. The molecule has 1 fully saturated rings. The van der Waals surface area contributed by atoms with E-state index in [4.69, 9.17) is 0 Å². The predicted molar refractivity (Wildman–Crippen MR) is 69.0 cm³/mol. The van der Waals surface area contributed by atoms with Crippen molar-refractivity contribution in [1.82, 2.24) is 19.7 Å². The molecule has 0 spiro atoms. The van der Waals surface area contributed by atoms with Gasteiger partial charge in [-0.1, -0.05) is 0 Å². The fourth-order valence-corrected chi connectivity index (χ4v) is 2.24. The minimum Gasteiger partial charge on any atom is -0.349 e. The van der Waals surface area contributed by atoms with Crippen LogP contribution in [0.5, 0.6) is 0 Å². The van der Waals surface area contributed by atoms with Gasteiger partial charge in [-0.2, -0.15) is 0 Å². The lowest BCUT2D eigenvalue weighted by molar-refractivity contribution is 0.438.